The van der Waals surface area contributed by atoms with Crippen LogP contribution in [0.4, 0.5) is 0 Å². The van der Waals surface area contributed by atoms with E-state index < -0.39 is 0 Å². The van der Waals surface area contributed by atoms with E-state index in [1.54, 1.807) is 0 Å². The summed E-state index contributed by atoms with van der Waals surface area (Å²) in [6, 6.07) is 0. The van der Waals surface area contributed by atoms with Gasteiger partial charge in [0.2, 0.25) is 0 Å². The van der Waals surface area contributed by atoms with Gasteiger partial charge in [-0.15, -0.1) is 0 Å². The lowest BCUT2D eigenvalue weighted by Crippen LogP contribution is -1.82. The summed E-state index contributed by atoms with van der Waals surface area (Å²) in [5, 5.41) is 0. The minimum Gasteiger partial charge on any atom is -0.0859 e. The maximum Gasteiger partial charge on any atom is -0.0348 e. The van der Waals surface area contributed by atoms with Crippen molar-refractivity contribution in [2.24, 2.45) is 0 Å². The second-order valence-corrected chi connectivity index (χ2v) is 5.61. The summed E-state index contributed by atoms with van der Waals surface area (Å²) >= 11 is 0. The van der Waals surface area contributed by atoms with Gasteiger partial charge in [-0.2, -0.15) is 0 Å². The van der Waals surface area contributed by atoms with Crippen LogP contribution in [-0.2, 0) is 0 Å². The molecule has 0 heteroatoms. The molecule has 0 aromatic carbocycles. The summed E-state index contributed by atoms with van der Waals surface area (Å²) in [5.74, 6) is 0. The second kappa shape index (κ2) is 13.8. The van der Waals surface area contributed by atoms with Gasteiger partial charge in [0.05, 0.1) is 0 Å². The van der Waals surface area contributed by atoms with E-state index >= 15 is 0 Å². The lowest BCUT2D eigenvalue weighted by molar-refractivity contribution is 0.550. The van der Waals surface area contributed by atoms with Gasteiger partial charge in [0.1, 0.15) is 0 Å². The predicted octanol–water partition coefficient (Wildman–Crippen LogP) is 6.65. The number of rotatable bonds is 12. The molecule has 0 unspecified atom stereocenters. The summed E-state index contributed by atoms with van der Waals surface area (Å²) in [6.07, 6.45) is 19.5. The molecule has 0 saturated carbocycles. The third-order valence-electron chi connectivity index (χ3n) is 3.36. The summed E-state index contributed by atoms with van der Waals surface area (Å²) in [7, 11) is 0. The van der Waals surface area contributed by atoms with Crippen molar-refractivity contribution in [3.05, 3.63) is 11.6 Å². The standard InChI is InChI=1S/C17H34/c1-4-5-6-7-8-9-10-11-12-13-14-15-16-17(2)3/h16H,4-15H2,1-3H3. The molecule has 0 aromatic heterocycles. The topological polar surface area (TPSA) is 0 Å². The van der Waals surface area contributed by atoms with Gasteiger partial charge in [0.15, 0.2) is 0 Å². The molecule has 0 fully saturated rings. The molecule has 0 aliphatic carbocycles. The van der Waals surface area contributed by atoms with Crippen LogP contribution >= 0.6 is 0 Å². The van der Waals surface area contributed by atoms with Crippen LogP contribution in [0.3, 0.4) is 0 Å². The van der Waals surface area contributed by atoms with Crippen LogP contribution in [0.1, 0.15) is 97.8 Å². The second-order valence-electron chi connectivity index (χ2n) is 5.61. The Morgan fingerprint density at radius 1 is 0.647 bits per heavy atom. The Balaban J connectivity index is 2.96. The quantitative estimate of drug-likeness (QED) is 0.263. The summed E-state index contributed by atoms with van der Waals surface area (Å²) in [6.45, 7) is 6.67. The van der Waals surface area contributed by atoms with Crippen molar-refractivity contribution >= 4 is 0 Å². The van der Waals surface area contributed by atoms with Gasteiger partial charge >= 0.3 is 0 Å². The van der Waals surface area contributed by atoms with Gasteiger partial charge in [-0.3, -0.25) is 0 Å². The smallest absolute Gasteiger partial charge is 0.0348 e. The van der Waals surface area contributed by atoms with Gasteiger partial charge < -0.3 is 0 Å². The zero-order valence-corrected chi connectivity index (χ0v) is 12.6. The van der Waals surface area contributed by atoms with Crippen LogP contribution in [0.5, 0.6) is 0 Å². The molecule has 0 bridgehead atoms. The molecule has 17 heavy (non-hydrogen) atoms. The van der Waals surface area contributed by atoms with Crippen LogP contribution in [-0.4, -0.2) is 0 Å². The molecule has 102 valence electrons. The third kappa shape index (κ3) is 15.7. The summed E-state index contributed by atoms with van der Waals surface area (Å²) in [4.78, 5) is 0. The SMILES string of the molecule is CCCCCCCCCCCCCC=C(C)C. The minimum atomic E-state index is 1.29. The Morgan fingerprint density at radius 3 is 1.47 bits per heavy atom. The van der Waals surface area contributed by atoms with Crippen LogP contribution in [0.15, 0.2) is 11.6 Å². The highest BCUT2D eigenvalue weighted by atomic mass is 14.0. The van der Waals surface area contributed by atoms with Crippen molar-refractivity contribution in [3.63, 3.8) is 0 Å². The molecular weight excluding hydrogens is 204 g/mol. The Bertz CT molecular complexity index is 163. The highest BCUT2D eigenvalue weighted by molar-refractivity contribution is 4.92. The number of hydrogen-bond donors (Lipinski definition) is 0. The fourth-order valence-corrected chi connectivity index (χ4v) is 2.20. The van der Waals surface area contributed by atoms with E-state index in [-0.39, 0.29) is 0 Å². The number of hydrogen-bond acceptors (Lipinski definition) is 0. The van der Waals surface area contributed by atoms with Crippen LogP contribution in [0.25, 0.3) is 0 Å². The largest absolute Gasteiger partial charge is 0.0859 e. The van der Waals surface area contributed by atoms with Gasteiger partial charge in [0.25, 0.3) is 0 Å². The summed E-state index contributed by atoms with van der Waals surface area (Å²) < 4.78 is 0. The van der Waals surface area contributed by atoms with E-state index in [4.69, 9.17) is 0 Å². The first kappa shape index (κ1) is 16.7. The minimum absolute atomic E-state index is 1.29. The number of unbranched alkanes of at least 4 members (excludes halogenated alkanes) is 11. The van der Waals surface area contributed by atoms with Crippen molar-refractivity contribution in [1.29, 1.82) is 0 Å². The van der Waals surface area contributed by atoms with Crippen LogP contribution in [0.2, 0.25) is 0 Å². The molecule has 0 amide bonds. The normalized spacial score (nSPS) is 10.5. The Morgan fingerprint density at radius 2 is 1.06 bits per heavy atom. The summed E-state index contributed by atoms with van der Waals surface area (Å²) in [5.41, 5.74) is 1.47. The molecule has 0 aliphatic rings. The zero-order chi connectivity index (χ0) is 12.8. The van der Waals surface area contributed by atoms with E-state index in [1.165, 1.54) is 82.6 Å². The van der Waals surface area contributed by atoms with Gasteiger partial charge in [0, 0.05) is 0 Å². The maximum absolute atomic E-state index is 2.37. The molecule has 0 nitrogen and oxygen atoms in total. The van der Waals surface area contributed by atoms with Crippen molar-refractivity contribution in [3.8, 4) is 0 Å². The Labute approximate surface area is 110 Å². The molecule has 0 heterocycles. The molecule has 0 N–H and O–H groups in total. The van der Waals surface area contributed by atoms with Gasteiger partial charge in [-0.1, -0.05) is 82.8 Å². The van der Waals surface area contributed by atoms with Crippen molar-refractivity contribution < 1.29 is 0 Å². The first-order valence-electron chi connectivity index (χ1n) is 7.90. The highest BCUT2D eigenvalue weighted by Gasteiger charge is 1.92. The lowest BCUT2D eigenvalue weighted by Gasteiger charge is -2.01. The molecule has 0 rings (SSSR count). The average molecular weight is 238 g/mol. The number of allylic oxidation sites excluding steroid dienone is 2. The first-order valence-corrected chi connectivity index (χ1v) is 7.90. The molecular formula is C17H34. The molecule has 0 atom stereocenters. The van der Waals surface area contributed by atoms with Crippen molar-refractivity contribution in [1.82, 2.24) is 0 Å². The van der Waals surface area contributed by atoms with E-state index in [2.05, 4.69) is 26.8 Å². The molecule has 0 spiro atoms. The van der Waals surface area contributed by atoms with Crippen LogP contribution in [0, 0.1) is 0 Å². The molecule has 0 radical (unpaired) electrons. The average Bonchev–Trinajstić information content (AvgIpc) is 2.30. The predicted molar refractivity (Wildman–Crippen MR) is 80.5 cm³/mol. The van der Waals surface area contributed by atoms with Gasteiger partial charge in [-0.05, 0) is 26.7 Å². The van der Waals surface area contributed by atoms with Crippen molar-refractivity contribution in [2.75, 3.05) is 0 Å². The van der Waals surface area contributed by atoms with Crippen LogP contribution < -0.4 is 0 Å². The lowest BCUT2D eigenvalue weighted by atomic mass is 10.1. The zero-order valence-electron chi connectivity index (χ0n) is 12.6. The van der Waals surface area contributed by atoms with E-state index in [1.807, 2.05) is 0 Å². The Hall–Kier alpha value is -0.260. The first-order chi connectivity index (χ1) is 8.27. The van der Waals surface area contributed by atoms with Crippen molar-refractivity contribution in [2.45, 2.75) is 97.8 Å². The molecule has 0 aliphatic heterocycles. The maximum atomic E-state index is 2.37. The van der Waals surface area contributed by atoms with E-state index in [0.717, 1.165) is 0 Å². The Kier molecular flexibility index (Phi) is 13.6. The fraction of sp³-hybridized carbons (Fsp3) is 0.882. The van der Waals surface area contributed by atoms with E-state index in [0.29, 0.717) is 0 Å². The molecule has 0 saturated heterocycles. The fourth-order valence-electron chi connectivity index (χ4n) is 2.20. The van der Waals surface area contributed by atoms with E-state index in [9.17, 15) is 0 Å². The highest BCUT2D eigenvalue weighted by Crippen LogP contribution is 2.12. The third-order valence-corrected chi connectivity index (χ3v) is 3.36. The monoisotopic (exact) mass is 238 g/mol. The molecule has 0 aromatic rings. The van der Waals surface area contributed by atoms with Gasteiger partial charge in [-0.25, -0.2) is 0 Å².